The highest BCUT2D eigenvalue weighted by Crippen LogP contribution is 2.38. The smallest absolute Gasteiger partial charge is 0.238 e. The molecular weight excluding hydrogens is 428 g/mol. The second-order valence-electron chi connectivity index (χ2n) is 7.62. The summed E-state index contributed by atoms with van der Waals surface area (Å²) in [6.07, 6.45) is 4.14. The van der Waals surface area contributed by atoms with Gasteiger partial charge in [0.15, 0.2) is 5.65 Å². The molecule has 1 N–H and O–H groups in total. The quantitative estimate of drug-likeness (QED) is 0.464. The average molecular weight is 449 g/mol. The van der Waals surface area contributed by atoms with E-state index >= 15 is 0 Å². The molecule has 0 radical (unpaired) electrons. The van der Waals surface area contributed by atoms with Gasteiger partial charge in [0.25, 0.3) is 0 Å². The van der Waals surface area contributed by atoms with Crippen molar-refractivity contribution >= 4 is 56.1 Å². The third-order valence-electron chi connectivity index (χ3n) is 5.66. The average Bonchev–Trinajstić information content (AvgIpc) is 3.28. The van der Waals surface area contributed by atoms with E-state index in [4.69, 9.17) is 0 Å². The van der Waals surface area contributed by atoms with E-state index in [0.717, 1.165) is 53.3 Å². The lowest BCUT2D eigenvalue weighted by Gasteiger charge is -2.10. The van der Waals surface area contributed by atoms with Crippen molar-refractivity contribution < 1.29 is 4.79 Å². The van der Waals surface area contributed by atoms with Crippen molar-refractivity contribution in [2.75, 3.05) is 5.32 Å². The number of aryl methyl sites for hydroxylation is 2. The van der Waals surface area contributed by atoms with Gasteiger partial charge in [0.2, 0.25) is 11.1 Å². The van der Waals surface area contributed by atoms with Gasteiger partial charge in [-0.05, 0) is 44.2 Å². The van der Waals surface area contributed by atoms with E-state index in [1.54, 1.807) is 0 Å². The maximum atomic E-state index is 12.9. The van der Waals surface area contributed by atoms with Gasteiger partial charge in [-0.25, -0.2) is 4.98 Å². The first kappa shape index (κ1) is 20.0. The van der Waals surface area contributed by atoms with Crippen LogP contribution in [0.5, 0.6) is 0 Å². The number of hydrogen-bond donors (Lipinski definition) is 1. The van der Waals surface area contributed by atoms with Crippen LogP contribution in [0.15, 0.2) is 29.4 Å². The van der Waals surface area contributed by atoms with E-state index in [2.05, 4.69) is 26.6 Å². The number of anilines is 1. The topological polar surface area (TPSA) is 96.5 Å². The van der Waals surface area contributed by atoms with Crippen molar-refractivity contribution in [3.8, 4) is 6.07 Å². The fourth-order valence-corrected chi connectivity index (χ4v) is 5.99. The molecule has 31 heavy (non-hydrogen) atoms. The third kappa shape index (κ3) is 3.46. The molecule has 3 heterocycles. The number of thioether (sulfide) groups is 1. The number of nitriles is 1. The Kier molecular flexibility index (Phi) is 5.12. The SMILES string of the molecule is C[C@H](Sc1nnc2c3ccccc3n(C)c2n1)C(=O)Nc1sc2c(c1C#N)CCCC2. The Balaban J connectivity index is 1.37. The Hall–Kier alpha value is -2.96. The van der Waals surface area contributed by atoms with Gasteiger partial charge in [-0.15, -0.1) is 21.5 Å². The number of carbonyl (C=O) groups is 1. The van der Waals surface area contributed by atoms with Crippen molar-refractivity contribution in [1.82, 2.24) is 19.7 Å². The molecule has 1 aromatic carbocycles. The molecule has 156 valence electrons. The van der Waals surface area contributed by atoms with Gasteiger partial charge in [-0.2, -0.15) is 5.26 Å². The molecule has 0 spiro atoms. The number of nitrogens with zero attached hydrogens (tertiary/aromatic N) is 5. The molecule has 0 fully saturated rings. The highest BCUT2D eigenvalue weighted by atomic mass is 32.2. The van der Waals surface area contributed by atoms with Gasteiger partial charge >= 0.3 is 0 Å². The highest BCUT2D eigenvalue weighted by molar-refractivity contribution is 8.00. The fourth-order valence-electron chi connectivity index (χ4n) is 4.04. The zero-order valence-electron chi connectivity index (χ0n) is 17.2. The molecule has 0 bridgehead atoms. The number of benzene rings is 1. The molecule has 3 aromatic heterocycles. The van der Waals surface area contributed by atoms with Gasteiger partial charge in [0, 0.05) is 17.3 Å². The Morgan fingerprint density at radius 2 is 2.10 bits per heavy atom. The largest absolute Gasteiger partial charge is 0.327 e. The summed E-state index contributed by atoms with van der Waals surface area (Å²) < 4.78 is 1.99. The summed E-state index contributed by atoms with van der Waals surface area (Å²) in [7, 11) is 1.95. The first-order valence-electron chi connectivity index (χ1n) is 10.2. The molecule has 4 aromatic rings. The maximum Gasteiger partial charge on any atom is 0.238 e. The van der Waals surface area contributed by atoms with Crippen LogP contribution in [0.3, 0.4) is 0 Å². The summed E-state index contributed by atoms with van der Waals surface area (Å²) >= 11 is 2.80. The first-order valence-corrected chi connectivity index (χ1v) is 11.9. The van der Waals surface area contributed by atoms with Crippen molar-refractivity contribution in [2.24, 2.45) is 7.05 Å². The first-order chi connectivity index (χ1) is 15.1. The van der Waals surface area contributed by atoms with Gasteiger partial charge in [-0.3, -0.25) is 4.79 Å². The summed E-state index contributed by atoms with van der Waals surface area (Å²) in [5.74, 6) is -0.166. The van der Waals surface area contributed by atoms with Crippen molar-refractivity contribution in [3.63, 3.8) is 0 Å². The van der Waals surface area contributed by atoms with E-state index in [-0.39, 0.29) is 5.91 Å². The Bertz CT molecular complexity index is 1370. The van der Waals surface area contributed by atoms with Crippen LogP contribution in [0.4, 0.5) is 5.00 Å². The predicted octanol–water partition coefficient (Wildman–Crippen LogP) is 4.45. The summed E-state index contributed by atoms with van der Waals surface area (Å²) in [6.45, 7) is 1.81. The van der Waals surface area contributed by atoms with Gasteiger partial charge in [0.1, 0.15) is 16.6 Å². The molecule has 1 atom stereocenters. The number of carbonyl (C=O) groups excluding carboxylic acids is 1. The number of hydrogen-bond acceptors (Lipinski definition) is 7. The number of para-hydroxylation sites is 1. The minimum atomic E-state index is -0.431. The van der Waals surface area contributed by atoms with Gasteiger partial charge in [0.05, 0.1) is 16.3 Å². The summed E-state index contributed by atoms with van der Waals surface area (Å²) in [4.78, 5) is 18.7. The Labute approximate surface area is 187 Å². The lowest BCUT2D eigenvalue weighted by atomic mass is 9.96. The van der Waals surface area contributed by atoms with Crippen LogP contribution in [-0.2, 0) is 24.7 Å². The normalized spacial score (nSPS) is 14.4. The van der Waals surface area contributed by atoms with Gasteiger partial charge in [-0.1, -0.05) is 30.0 Å². The molecule has 0 saturated carbocycles. The second-order valence-corrected chi connectivity index (χ2v) is 10.0. The van der Waals surface area contributed by atoms with Crippen LogP contribution < -0.4 is 5.32 Å². The van der Waals surface area contributed by atoms with E-state index in [0.29, 0.717) is 15.7 Å². The molecule has 0 aliphatic heterocycles. The summed E-state index contributed by atoms with van der Waals surface area (Å²) in [5, 5.41) is 22.9. The molecule has 1 aliphatic rings. The minimum absolute atomic E-state index is 0.166. The number of thiophene rings is 1. The Morgan fingerprint density at radius 1 is 1.29 bits per heavy atom. The van der Waals surface area contributed by atoms with Crippen LogP contribution >= 0.6 is 23.1 Å². The minimum Gasteiger partial charge on any atom is -0.327 e. The van der Waals surface area contributed by atoms with E-state index < -0.39 is 5.25 Å². The monoisotopic (exact) mass is 448 g/mol. The summed E-state index contributed by atoms with van der Waals surface area (Å²) in [5.41, 5.74) is 4.27. The number of aromatic nitrogens is 4. The number of amides is 1. The lowest BCUT2D eigenvalue weighted by molar-refractivity contribution is -0.115. The van der Waals surface area contributed by atoms with Crippen LogP contribution in [0, 0.1) is 11.3 Å². The molecule has 9 heteroatoms. The second kappa shape index (κ2) is 7.94. The maximum absolute atomic E-state index is 12.9. The van der Waals surface area contributed by atoms with Crippen LogP contribution in [-0.4, -0.2) is 30.9 Å². The number of nitrogens with one attached hydrogen (secondary N) is 1. The van der Waals surface area contributed by atoms with Crippen LogP contribution in [0.2, 0.25) is 0 Å². The molecular formula is C22H20N6OS2. The van der Waals surface area contributed by atoms with Crippen LogP contribution in [0.1, 0.15) is 35.8 Å². The van der Waals surface area contributed by atoms with Crippen molar-refractivity contribution in [1.29, 1.82) is 5.26 Å². The fraction of sp³-hybridized carbons (Fsp3) is 0.318. The molecule has 1 aliphatic carbocycles. The predicted molar refractivity (Wildman–Crippen MR) is 123 cm³/mol. The Morgan fingerprint density at radius 3 is 2.94 bits per heavy atom. The molecule has 7 nitrogen and oxygen atoms in total. The zero-order valence-corrected chi connectivity index (χ0v) is 18.8. The molecule has 0 unspecified atom stereocenters. The lowest BCUT2D eigenvalue weighted by Crippen LogP contribution is -2.22. The zero-order chi connectivity index (χ0) is 21.5. The third-order valence-corrected chi connectivity index (χ3v) is 7.82. The highest BCUT2D eigenvalue weighted by Gasteiger charge is 2.24. The summed E-state index contributed by atoms with van der Waals surface area (Å²) in [6, 6.07) is 10.3. The molecule has 5 rings (SSSR count). The van der Waals surface area contributed by atoms with E-state index in [1.807, 2.05) is 42.8 Å². The van der Waals surface area contributed by atoms with Crippen LogP contribution in [0.25, 0.3) is 22.1 Å². The van der Waals surface area contributed by atoms with E-state index in [9.17, 15) is 10.1 Å². The number of fused-ring (bicyclic) bond motifs is 4. The molecule has 0 saturated heterocycles. The van der Waals surface area contributed by atoms with E-state index in [1.165, 1.54) is 28.0 Å². The standard InChI is InChI=1S/C22H20N6OS2/c1-12(20(29)25-21-15(11-23)13-7-4-6-10-17(13)31-21)30-22-24-19-18(26-27-22)14-8-3-5-9-16(14)28(19)2/h3,5,8-9,12H,4,6-7,10H2,1-2H3,(H,25,29)/t12-/m0/s1. The number of rotatable bonds is 4. The molecule has 1 amide bonds. The van der Waals surface area contributed by atoms with Crippen molar-refractivity contribution in [3.05, 3.63) is 40.3 Å². The van der Waals surface area contributed by atoms with Crippen molar-refractivity contribution in [2.45, 2.75) is 43.0 Å². The van der Waals surface area contributed by atoms with Gasteiger partial charge < -0.3 is 9.88 Å².